The molecule has 5 heteroatoms. The van der Waals surface area contributed by atoms with Gasteiger partial charge in [-0.05, 0) is 23.8 Å². The lowest BCUT2D eigenvalue weighted by atomic mass is 10.2. The van der Waals surface area contributed by atoms with Crippen molar-refractivity contribution < 1.29 is 9.53 Å². The number of amides is 1. The first kappa shape index (κ1) is 16.3. The van der Waals surface area contributed by atoms with Gasteiger partial charge in [-0.2, -0.15) is 0 Å². The molecule has 0 bridgehead atoms. The Balaban J connectivity index is 1.90. The zero-order chi connectivity index (χ0) is 15.9. The third-order valence-electron chi connectivity index (χ3n) is 3.06. The van der Waals surface area contributed by atoms with Crippen LogP contribution in [0.4, 0.5) is 11.4 Å². The number of carbonyl (C=O) groups excluding carboxylic acids is 1. The minimum atomic E-state index is -0.207. The van der Waals surface area contributed by atoms with Gasteiger partial charge in [0.05, 0.1) is 18.0 Å². The molecule has 0 saturated carbocycles. The van der Waals surface area contributed by atoms with E-state index in [-0.39, 0.29) is 12.5 Å². The van der Waals surface area contributed by atoms with E-state index in [9.17, 15) is 4.79 Å². The van der Waals surface area contributed by atoms with Crippen LogP contribution in [0.5, 0.6) is 0 Å². The minimum absolute atomic E-state index is 0.00568. The minimum Gasteiger partial charge on any atom is -0.376 e. The highest BCUT2D eigenvalue weighted by Crippen LogP contribution is 2.27. The standard InChI is InChI=1S/C17H19ClN2O2/c1-20(2)16-9-8-14(18)10-15(16)19-17(21)12-22-11-13-6-4-3-5-7-13/h3-10H,11-12H2,1-2H3,(H,19,21). The molecule has 116 valence electrons. The van der Waals surface area contributed by atoms with Gasteiger partial charge in [0.15, 0.2) is 0 Å². The van der Waals surface area contributed by atoms with E-state index in [0.717, 1.165) is 11.3 Å². The molecule has 4 nitrogen and oxygen atoms in total. The SMILES string of the molecule is CN(C)c1ccc(Cl)cc1NC(=O)COCc1ccccc1. The highest BCUT2D eigenvalue weighted by molar-refractivity contribution is 6.31. The molecule has 1 amide bonds. The van der Waals surface area contributed by atoms with Gasteiger partial charge in [0.2, 0.25) is 5.91 Å². The number of hydrogen-bond donors (Lipinski definition) is 1. The monoisotopic (exact) mass is 318 g/mol. The topological polar surface area (TPSA) is 41.6 Å². The van der Waals surface area contributed by atoms with Crippen molar-refractivity contribution in [2.75, 3.05) is 30.9 Å². The van der Waals surface area contributed by atoms with Gasteiger partial charge < -0.3 is 15.0 Å². The number of halogens is 1. The first-order valence-electron chi connectivity index (χ1n) is 6.94. The van der Waals surface area contributed by atoms with Crippen molar-refractivity contribution in [2.45, 2.75) is 6.61 Å². The number of hydrogen-bond acceptors (Lipinski definition) is 3. The van der Waals surface area contributed by atoms with Crippen LogP contribution >= 0.6 is 11.6 Å². The average Bonchev–Trinajstić information content (AvgIpc) is 2.48. The van der Waals surface area contributed by atoms with E-state index in [0.29, 0.717) is 17.3 Å². The van der Waals surface area contributed by atoms with Crippen LogP contribution in [0.2, 0.25) is 5.02 Å². The summed E-state index contributed by atoms with van der Waals surface area (Å²) in [5, 5.41) is 3.40. The van der Waals surface area contributed by atoms with Crippen molar-refractivity contribution in [3.8, 4) is 0 Å². The molecular weight excluding hydrogens is 300 g/mol. The van der Waals surface area contributed by atoms with E-state index < -0.39 is 0 Å². The Morgan fingerprint density at radius 1 is 1.18 bits per heavy atom. The Labute approximate surface area is 135 Å². The van der Waals surface area contributed by atoms with Gasteiger partial charge in [0.1, 0.15) is 6.61 Å². The van der Waals surface area contributed by atoms with Gasteiger partial charge in [-0.25, -0.2) is 0 Å². The number of carbonyl (C=O) groups is 1. The summed E-state index contributed by atoms with van der Waals surface area (Å²) in [6.45, 7) is 0.401. The van der Waals surface area contributed by atoms with E-state index in [4.69, 9.17) is 16.3 Å². The predicted molar refractivity (Wildman–Crippen MR) is 90.5 cm³/mol. The number of nitrogens with one attached hydrogen (secondary N) is 1. The Kier molecular flexibility index (Phi) is 5.81. The predicted octanol–water partition coefficient (Wildman–Crippen LogP) is 3.56. The van der Waals surface area contributed by atoms with Crippen molar-refractivity contribution in [1.82, 2.24) is 0 Å². The maximum Gasteiger partial charge on any atom is 0.250 e. The van der Waals surface area contributed by atoms with E-state index in [2.05, 4.69) is 5.32 Å². The lowest BCUT2D eigenvalue weighted by molar-refractivity contribution is -0.121. The molecule has 0 radical (unpaired) electrons. The molecule has 0 spiro atoms. The molecule has 0 aromatic heterocycles. The fourth-order valence-corrected chi connectivity index (χ4v) is 2.19. The number of benzene rings is 2. The van der Waals surface area contributed by atoms with E-state index in [1.165, 1.54) is 0 Å². The quantitative estimate of drug-likeness (QED) is 0.885. The molecule has 0 fully saturated rings. The molecule has 2 aromatic carbocycles. The van der Waals surface area contributed by atoms with E-state index in [1.54, 1.807) is 12.1 Å². The number of ether oxygens (including phenoxy) is 1. The van der Waals surface area contributed by atoms with Gasteiger partial charge >= 0.3 is 0 Å². The summed E-state index contributed by atoms with van der Waals surface area (Å²) in [7, 11) is 3.82. The van der Waals surface area contributed by atoms with Crippen molar-refractivity contribution >= 4 is 28.9 Å². The number of rotatable bonds is 6. The van der Waals surface area contributed by atoms with Crippen LogP contribution in [0.25, 0.3) is 0 Å². The Morgan fingerprint density at radius 2 is 1.91 bits per heavy atom. The third-order valence-corrected chi connectivity index (χ3v) is 3.29. The summed E-state index contributed by atoms with van der Waals surface area (Å²) >= 11 is 5.99. The van der Waals surface area contributed by atoms with E-state index in [1.807, 2.05) is 55.4 Å². The van der Waals surface area contributed by atoms with Crippen LogP contribution < -0.4 is 10.2 Å². The average molecular weight is 319 g/mol. The molecule has 2 rings (SSSR count). The molecule has 22 heavy (non-hydrogen) atoms. The van der Waals surface area contributed by atoms with Crippen molar-refractivity contribution in [3.63, 3.8) is 0 Å². The second kappa shape index (κ2) is 7.82. The van der Waals surface area contributed by atoms with Gasteiger partial charge in [0.25, 0.3) is 0 Å². The lowest BCUT2D eigenvalue weighted by Crippen LogP contribution is -2.20. The fourth-order valence-electron chi connectivity index (χ4n) is 2.02. The zero-order valence-corrected chi connectivity index (χ0v) is 13.4. The summed E-state index contributed by atoms with van der Waals surface area (Å²) in [6, 6.07) is 15.1. The highest BCUT2D eigenvalue weighted by atomic mass is 35.5. The van der Waals surface area contributed by atoms with Crippen LogP contribution in [0.15, 0.2) is 48.5 Å². The summed E-state index contributed by atoms with van der Waals surface area (Å²) in [6.07, 6.45) is 0. The van der Waals surface area contributed by atoms with Crippen LogP contribution in [0, 0.1) is 0 Å². The van der Waals surface area contributed by atoms with Crippen molar-refractivity contribution in [3.05, 3.63) is 59.1 Å². The van der Waals surface area contributed by atoms with Crippen molar-refractivity contribution in [2.24, 2.45) is 0 Å². The smallest absolute Gasteiger partial charge is 0.250 e. The maximum absolute atomic E-state index is 12.0. The zero-order valence-electron chi connectivity index (χ0n) is 12.7. The van der Waals surface area contributed by atoms with Crippen molar-refractivity contribution in [1.29, 1.82) is 0 Å². The van der Waals surface area contributed by atoms with Crippen LogP contribution in [-0.4, -0.2) is 26.6 Å². The first-order valence-corrected chi connectivity index (χ1v) is 7.32. The van der Waals surface area contributed by atoms with Crippen LogP contribution in [0.1, 0.15) is 5.56 Å². The molecule has 0 aliphatic heterocycles. The number of nitrogens with zero attached hydrogens (tertiary/aromatic N) is 1. The molecule has 0 aliphatic carbocycles. The largest absolute Gasteiger partial charge is 0.376 e. The van der Waals surface area contributed by atoms with Gasteiger partial charge in [-0.15, -0.1) is 0 Å². The molecule has 0 aliphatic rings. The molecule has 0 unspecified atom stereocenters. The normalized spacial score (nSPS) is 10.3. The molecule has 2 aromatic rings. The molecule has 0 saturated heterocycles. The van der Waals surface area contributed by atoms with Crippen LogP contribution in [0.3, 0.4) is 0 Å². The van der Waals surface area contributed by atoms with Gasteiger partial charge in [-0.1, -0.05) is 41.9 Å². The summed E-state index contributed by atoms with van der Waals surface area (Å²) in [5.74, 6) is -0.207. The summed E-state index contributed by atoms with van der Waals surface area (Å²) in [4.78, 5) is 13.9. The molecule has 0 atom stereocenters. The second-order valence-corrected chi connectivity index (χ2v) is 5.52. The highest BCUT2D eigenvalue weighted by Gasteiger charge is 2.09. The third kappa shape index (κ3) is 4.76. The first-order chi connectivity index (χ1) is 10.6. The van der Waals surface area contributed by atoms with Gasteiger partial charge in [0, 0.05) is 19.1 Å². The molecular formula is C17H19ClN2O2. The Morgan fingerprint density at radius 3 is 2.59 bits per heavy atom. The van der Waals surface area contributed by atoms with E-state index >= 15 is 0 Å². The number of anilines is 2. The Bertz CT molecular complexity index is 630. The molecule has 0 heterocycles. The molecule has 1 N–H and O–H groups in total. The fraction of sp³-hybridized carbons (Fsp3) is 0.235. The lowest BCUT2D eigenvalue weighted by Gasteiger charge is -2.18. The van der Waals surface area contributed by atoms with Crippen LogP contribution in [-0.2, 0) is 16.1 Å². The summed E-state index contributed by atoms with van der Waals surface area (Å²) in [5.41, 5.74) is 2.60. The maximum atomic E-state index is 12.0. The van der Waals surface area contributed by atoms with Gasteiger partial charge in [-0.3, -0.25) is 4.79 Å². The second-order valence-electron chi connectivity index (χ2n) is 5.08. The summed E-state index contributed by atoms with van der Waals surface area (Å²) < 4.78 is 5.43. The Hall–Kier alpha value is -2.04.